The highest BCUT2D eigenvalue weighted by Gasteiger charge is 2.52. The normalized spacial score (nSPS) is 32.7. The lowest BCUT2D eigenvalue weighted by Gasteiger charge is -2.42. The van der Waals surface area contributed by atoms with Crippen molar-refractivity contribution in [3.05, 3.63) is 0 Å². The molecule has 2 fully saturated rings. The fraction of sp³-hybridized carbons (Fsp3) is 0.952. The molecule has 0 radical (unpaired) electrons. The third-order valence-corrected chi connectivity index (χ3v) is 7.81. The second kappa shape index (κ2) is 7.23. The molecule has 0 heterocycles. The molecule has 140 valence electrons. The van der Waals surface area contributed by atoms with Crippen LogP contribution >= 0.6 is 0 Å². The van der Waals surface area contributed by atoms with Crippen molar-refractivity contribution in [2.45, 2.75) is 104 Å². The van der Waals surface area contributed by atoms with E-state index < -0.39 is 8.32 Å². The SMILES string of the molecule is C[C@H](CCCC(C)(C)O[Si](C)(C)C)[C@H]1CC[C@H]2C(=O)CCC[C@]12C. The van der Waals surface area contributed by atoms with Crippen LogP contribution in [0.5, 0.6) is 0 Å². The summed E-state index contributed by atoms with van der Waals surface area (Å²) >= 11 is 0. The highest BCUT2D eigenvalue weighted by molar-refractivity contribution is 6.69. The maximum Gasteiger partial charge on any atom is 0.184 e. The van der Waals surface area contributed by atoms with E-state index >= 15 is 0 Å². The van der Waals surface area contributed by atoms with Gasteiger partial charge >= 0.3 is 0 Å². The predicted molar refractivity (Wildman–Crippen MR) is 105 cm³/mol. The van der Waals surface area contributed by atoms with Crippen LogP contribution in [-0.4, -0.2) is 19.7 Å². The van der Waals surface area contributed by atoms with Crippen molar-refractivity contribution in [1.29, 1.82) is 0 Å². The van der Waals surface area contributed by atoms with E-state index in [4.69, 9.17) is 4.43 Å². The molecule has 0 aromatic heterocycles. The first kappa shape index (κ1) is 20.2. The largest absolute Gasteiger partial charge is 0.413 e. The fourth-order valence-electron chi connectivity index (χ4n) is 5.84. The van der Waals surface area contributed by atoms with E-state index in [1.54, 1.807) is 0 Å². The standard InChI is InChI=1S/C21H40O2Si/c1-16(10-8-14-20(2,3)23-24(5,6)7)17-12-13-18-19(22)11-9-15-21(17,18)4/h16-18H,8-15H2,1-7H3/t16-,17-,18+,21-/m1/s1. The van der Waals surface area contributed by atoms with Gasteiger partial charge in [0.25, 0.3) is 0 Å². The second-order valence-corrected chi connectivity index (χ2v) is 14.8. The van der Waals surface area contributed by atoms with Crippen molar-refractivity contribution in [1.82, 2.24) is 0 Å². The Labute approximate surface area is 151 Å². The van der Waals surface area contributed by atoms with Gasteiger partial charge in [-0.3, -0.25) is 4.79 Å². The van der Waals surface area contributed by atoms with Gasteiger partial charge in [-0.05, 0) is 82.8 Å². The molecule has 0 unspecified atom stereocenters. The summed E-state index contributed by atoms with van der Waals surface area (Å²) in [6.07, 6.45) is 9.30. The number of carbonyl (C=O) groups excluding carboxylic acids is 1. The summed E-state index contributed by atoms with van der Waals surface area (Å²) < 4.78 is 6.35. The van der Waals surface area contributed by atoms with Crippen LogP contribution < -0.4 is 0 Å². The van der Waals surface area contributed by atoms with Crippen molar-refractivity contribution in [2.75, 3.05) is 0 Å². The quantitative estimate of drug-likeness (QED) is 0.509. The van der Waals surface area contributed by atoms with Gasteiger partial charge in [0.05, 0.1) is 5.60 Å². The molecule has 2 aliphatic rings. The Kier molecular flexibility index (Phi) is 6.07. The van der Waals surface area contributed by atoms with Crippen molar-refractivity contribution in [3.8, 4) is 0 Å². The molecule has 0 aromatic rings. The monoisotopic (exact) mass is 352 g/mol. The lowest BCUT2D eigenvalue weighted by Crippen LogP contribution is -2.39. The molecule has 2 saturated carbocycles. The van der Waals surface area contributed by atoms with Crippen molar-refractivity contribution in [2.24, 2.45) is 23.2 Å². The van der Waals surface area contributed by atoms with Crippen LogP contribution in [0.15, 0.2) is 0 Å². The fourth-order valence-corrected chi connectivity index (χ4v) is 7.60. The minimum absolute atomic E-state index is 0.00705. The van der Waals surface area contributed by atoms with Crippen LogP contribution in [0.2, 0.25) is 19.6 Å². The van der Waals surface area contributed by atoms with Gasteiger partial charge < -0.3 is 4.43 Å². The summed E-state index contributed by atoms with van der Waals surface area (Å²) in [5, 5.41) is 0. The molecule has 0 aromatic carbocycles. The topological polar surface area (TPSA) is 26.3 Å². The minimum atomic E-state index is -1.48. The van der Waals surface area contributed by atoms with E-state index in [9.17, 15) is 4.79 Å². The van der Waals surface area contributed by atoms with E-state index in [1.807, 2.05) is 0 Å². The summed E-state index contributed by atoms with van der Waals surface area (Å²) in [6.45, 7) is 16.2. The molecule has 0 amide bonds. The molecule has 0 aliphatic heterocycles. The smallest absolute Gasteiger partial charge is 0.184 e. The van der Waals surface area contributed by atoms with Crippen LogP contribution in [0.4, 0.5) is 0 Å². The first-order chi connectivity index (χ1) is 10.9. The Hall–Kier alpha value is -0.153. The van der Waals surface area contributed by atoms with Crippen molar-refractivity contribution >= 4 is 14.1 Å². The minimum Gasteiger partial charge on any atom is -0.413 e. The molecular weight excluding hydrogens is 312 g/mol. The highest BCUT2D eigenvalue weighted by atomic mass is 28.4. The second-order valence-electron chi connectivity index (χ2n) is 10.4. The molecule has 3 heteroatoms. The first-order valence-electron chi connectivity index (χ1n) is 10.2. The molecule has 0 bridgehead atoms. The number of hydrogen-bond donors (Lipinski definition) is 0. The van der Waals surface area contributed by atoms with Crippen LogP contribution in [0, 0.1) is 23.2 Å². The molecule has 2 aliphatic carbocycles. The van der Waals surface area contributed by atoms with Gasteiger partial charge in [-0.1, -0.05) is 26.7 Å². The van der Waals surface area contributed by atoms with Crippen molar-refractivity contribution in [3.63, 3.8) is 0 Å². The summed E-state index contributed by atoms with van der Waals surface area (Å²) in [6, 6.07) is 0. The summed E-state index contributed by atoms with van der Waals surface area (Å²) in [5.74, 6) is 2.40. The number of Topliss-reactive ketones (excluding diaryl/α,β-unsaturated/α-hetero) is 1. The zero-order chi connectivity index (χ0) is 18.2. The average Bonchev–Trinajstić information content (AvgIpc) is 2.74. The zero-order valence-electron chi connectivity index (χ0n) is 17.2. The summed E-state index contributed by atoms with van der Waals surface area (Å²) in [5.41, 5.74) is 0.298. The summed E-state index contributed by atoms with van der Waals surface area (Å²) in [7, 11) is -1.48. The van der Waals surface area contributed by atoms with E-state index in [2.05, 4.69) is 47.3 Å². The van der Waals surface area contributed by atoms with Gasteiger partial charge in [-0.15, -0.1) is 0 Å². The lowest BCUT2D eigenvalue weighted by molar-refractivity contribution is -0.130. The predicted octanol–water partition coefficient (Wildman–Crippen LogP) is 6.21. The number of fused-ring (bicyclic) bond motifs is 1. The Morgan fingerprint density at radius 3 is 2.58 bits per heavy atom. The van der Waals surface area contributed by atoms with Crippen molar-refractivity contribution < 1.29 is 9.22 Å². The first-order valence-corrected chi connectivity index (χ1v) is 13.6. The third kappa shape index (κ3) is 4.72. The van der Waals surface area contributed by atoms with Gasteiger partial charge in [-0.2, -0.15) is 0 Å². The molecule has 0 saturated heterocycles. The van der Waals surface area contributed by atoms with Gasteiger partial charge in [0.2, 0.25) is 0 Å². The third-order valence-electron chi connectivity index (χ3n) is 6.64. The van der Waals surface area contributed by atoms with E-state index in [1.165, 1.54) is 25.7 Å². The van der Waals surface area contributed by atoms with Crippen LogP contribution in [0.1, 0.15) is 79.1 Å². The molecule has 0 N–H and O–H groups in total. The lowest BCUT2D eigenvalue weighted by atomic mass is 9.62. The Balaban J connectivity index is 1.87. The maximum absolute atomic E-state index is 12.3. The molecule has 0 spiro atoms. The van der Waals surface area contributed by atoms with Gasteiger partial charge in [0, 0.05) is 12.3 Å². The van der Waals surface area contributed by atoms with E-state index in [-0.39, 0.29) is 5.60 Å². The highest BCUT2D eigenvalue weighted by Crippen LogP contribution is 2.57. The van der Waals surface area contributed by atoms with Gasteiger partial charge in [0.15, 0.2) is 8.32 Å². The van der Waals surface area contributed by atoms with Crippen LogP contribution in [-0.2, 0) is 9.22 Å². The molecule has 2 nitrogen and oxygen atoms in total. The number of carbonyl (C=O) groups is 1. The van der Waals surface area contributed by atoms with Crippen LogP contribution in [0.3, 0.4) is 0 Å². The van der Waals surface area contributed by atoms with E-state index in [0.717, 1.165) is 37.5 Å². The number of hydrogen-bond acceptors (Lipinski definition) is 2. The number of rotatable bonds is 7. The van der Waals surface area contributed by atoms with Gasteiger partial charge in [0.1, 0.15) is 5.78 Å². The Morgan fingerprint density at radius 2 is 1.96 bits per heavy atom. The average molecular weight is 353 g/mol. The Bertz CT molecular complexity index is 451. The maximum atomic E-state index is 12.3. The summed E-state index contributed by atoms with van der Waals surface area (Å²) in [4.78, 5) is 12.3. The Morgan fingerprint density at radius 1 is 1.29 bits per heavy atom. The van der Waals surface area contributed by atoms with Crippen LogP contribution in [0.25, 0.3) is 0 Å². The van der Waals surface area contributed by atoms with Gasteiger partial charge in [-0.25, -0.2) is 0 Å². The zero-order valence-corrected chi connectivity index (χ0v) is 18.2. The van der Waals surface area contributed by atoms with E-state index in [0.29, 0.717) is 17.1 Å². The molecular formula is C21H40O2Si. The number of ketones is 1. The molecule has 4 atom stereocenters. The molecule has 24 heavy (non-hydrogen) atoms. The molecule has 2 rings (SSSR count).